The number of carbonyl (C=O) groups is 1. The summed E-state index contributed by atoms with van der Waals surface area (Å²) in [4.78, 5) is 14.8. The van der Waals surface area contributed by atoms with Crippen molar-refractivity contribution in [3.8, 4) is 0 Å². The maximum absolute atomic E-state index is 10.3. The van der Waals surface area contributed by atoms with E-state index in [0.717, 1.165) is 19.3 Å². The topological polar surface area (TPSA) is 66.8 Å². The van der Waals surface area contributed by atoms with Crippen molar-refractivity contribution < 1.29 is 20.0 Å². The molecule has 136 valence electrons. The zero-order chi connectivity index (χ0) is 17.9. The fourth-order valence-corrected chi connectivity index (χ4v) is 2.02. The Kier molecular flexibility index (Phi) is 16.5. The lowest BCUT2D eigenvalue weighted by Crippen LogP contribution is -2.04. The Bertz CT molecular complexity index is 408. The molecule has 0 aliphatic carbocycles. The highest BCUT2D eigenvalue weighted by Gasteiger charge is 1.99. The van der Waals surface area contributed by atoms with Gasteiger partial charge in [0.25, 0.3) is 0 Å². The summed E-state index contributed by atoms with van der Waals surface area (Å²) in [5.41, 5.74) is 0. The standard InChI is InChI=1S/C20H32O4/c1-2-3-4-5-7-10-13-16-19(24-23)17-14-11-8-6-9-12-15-18-20(21)22/h6-7,9-11,13-14,16,19,23H,2-5,8,12,15,17-18H2,1H3,(H,21,22)/b9-6-,10-7-,14-11-,16-13+. The highest BCUT2D eigenvalue weighted by Crippen LogP contribution is 2.04. The number of carboxylic acid groups (broad SMARTS) is 1. The number of hydrogen-bond donors (Lipinski definition) is 2. The van der Waals surface area contributed by atoms with Gasteiger partial charge in [0, 0.05) is 6.42 Å². The lowest BCUT2D eigenvalue weighted by molar-refractivity contribution is -0.264. The fourth-order valence-electron chi connectivity index (χ4n) is 2.02. The average Bonchev–Trinajstić information content (AvgIpc) is 2.57. The Labute approximate surface area is 146 Å². The number of rotatable bonds is 15. The molecule has 1 unspecified atom stereocenters. The van der Waals surface area contributed by atoms with Gasteiger partial charge in [-0.2, -0.15) is 0 Å². The summed E-state index contributed by atoms with van der Waals surface area (Å²) in [5, 5.41) is 17.4. The minimum atomic E-state index is -0.748. The molecule has 0 spiro atoms. The van der Waals surface area contributed by atoms with Gasteiger partial charge in [-0.3, -0.25) is 10.1 Å². The predicted molar refractivity (Wildman–Crippen MR) is 98.9 cm³/mol. The molecule has 0 aromatic rings. The zero-order valence-corrected chi connectivity index (χ0v) is 14.8. The fraction of sp³-hybridized carbons (Fsp3) is 0.550. The lowest BCUT2D eigenvalue weighted by atomic mass is 10.2. The van der Waals surface area contributed by atoms with E-state index in [1.165, 1.54) is 19.3 Å². The molecule has 0 fully saturated rings. The van der Waals surface area contributed by atoms with Crippen molar-refractivity contribution in [2.45, 2.75) is 70.8 Å². The third kappa shape index (κ3) is 16.7. The molecule has 0 radical (unpaired) electrons. The number of unbranched alkanes of at least 4 members (excludes halogenated alkanes) is 4. The molecule has 1 atom stereocenters. The van der Waals surface area contributed by atoms with Gasteiger partial charge in [-0.1, -0.05) is 68.4 Å². The number of allylic oxidation sites excluding steroid dienone is 6. The molecule has 0 aliphatic heterocycles. The SMILES string of the molecule is CCCCC/C=C\C=C\C(C/C=C\C/C=C\CCCC(=O)O)OO. The molecule has 0 aromatic carbocycles. The molecule has 24 heavy (non-hydrogen) atoms. The molecule has 0 saturated carbocycles. The van der Waals surface area contributed by atoms with Crippen LogP contribution in [0.15, 0.2) is 48.6 Å². The van der Waals surface area contributed by atoms with Crippen molar-refractivity contribution >= 4 is 5.97 Å². The number of carboxylic acids is 1. The van der Waals surface area contributed by atoms with E-state index in [-0.39, 0.29) is 12.5 Å². The second-order valence-electron chi connectivity index (χ2n) is 5.65. The van der Waals surface area contributed by atoms with Gasteiger partial charge in [-0.15, -0.1) is 0 Å². The van der Waals surface area contributed by atoms with Crippen molar-refractivity contribution in [1.82, 2.24) is 0 Å². The summed E-state index contributed by atoms with van der Waals surface area (Å²) in [7, 11) is 0. The van der Waals surface area contributed by atoms with Crippen LogP contribution in [0.2, 0.25) is 0 Å². The third-order valence-corrected chi connectivity index (χ3v) is 3.42. The molecular formula is C20H32O4. The quantitative estimate of drug-likeness (QED) is 0.133. The van der Waals surface area contributed by atoms with Gasteiger partial charge in [0.2, 0.25) is 0 Å². The van der Waals surface area contributed by atoms with Crippen LogP contribution in [0.1, 0.15) is 64.7 Å². The number of aliphatic carboxylic acids is 1. The Hall–Kier alpha value is -1.65. The minimum absolute atomic E-state index is 0.217. The van der Waals surface area contributed by atoms with Crippen LogP contribution in [0.3, 0.4) is 0 Å². The van der Waals surface area contributed by atoms with Crippen LogP contribution in [0.5, 0.6) is 0 Å². The van der Waals surface area contributed by atoms with Crippen LogP contribution >= 0.6 is 0 Å². The van der Waals surface area contributed by atoms with E-state index in [1.54, 1.807) is 0 Å². The smallest absolute Gasteiger partial charge is 0.303 e. The molecule has 0 amide bonds. The van der Waals surface area contributed by atoms with Crippen molar-refractivity contribution in [2.75, 3.05) is 0 Å². The van der Waals surface area contributed by atoms with E-state index in [4.69, 9.17) is 10.4 Å². The second-order valence-corrected chi connectivity index (χ2v) is 5.65. The van der Waals surface area contributed by atoms with Gasteiger partial charge in [0.05, 0.1) is 0 Å². The maximum Gasteiger partial charge on any atom is 0.303 e. The van der Waals surface area contributed by atoms with E-state index in [2.05, 4.69) is 17.9 Å². The Morgan fingerprint density at radius 1 is 1.00 bits per heavy atom. The Balaban J connectivity index is 3.79. The normalized spacial score (nSPS) is 13.8. The van der Waals surface area contributed by atoms with Crippen LogP contribution in [-0.2, 0) is 9.68 Å². The van der Waals surface area contributed by atoms with Crippen LogP contribution in [0, 0.1) is 0 Å². The second kappa shape index (κ2) is 17.7. The maximum atomic E-state index is 10.3. The van der Waals surface area contributed by atoms with Crippen LogP contribution < -0.4 is 0 Å². The Morgan fingerprint density at radius 2 is 1.75 bits per heavy atom. The van der Waals surface area contributed by atoms with E-state index >= 15 is 0 Å². The van der Waals surface area contributed by atoms with Crippen molar-refractivity contribution in [1.29, 1.82) is 0 Å². The summed E-state index contributed by atoms with van der Waals surface area (Å²) in [6.07, 6.45) is 23.4. The summed E-state index contributed by atoms with van der Waals surface area (Å²) in [6, 6.07) is 0. The predicted octanol–water partition coefficient (Wildman–Crippen LogP) is 5.68. The monoisotopic (exact) mass is 336 g/mol. The molecule has 4 heteroatoms. The lowest BCUT2D eigenvalue weighted by Gasteiger charge is -2.03. The van der Waals surface area contributed by atoms with E-state index < -0.39 is 5.97 Å². The first kappa shape index (κ1) is 22.4. The van der Waals surface area contributed by atoms with Crippen LogP contribution in [0.25, 0.3) is 0 Å². The highest BCUT2D eigenvalue weighted by molar-refractivity contribution is 5.66. The first-order chi connectivity index (χ1) is 11.7. The van der Waals surface area contributed by atoms with Gasteiger partial charge >= 0.3 is 5.97 Å². The first-order valence-corrected chi connectivity index (χ1v) is 8.86. The molecular weight excluding hydrogens is 304 g/mol. The zero-order valence-electron chi connectivity index (χ0n) is 14.8. The molecule has 4 nitrogen and oxygen atoms in total. The molecule has 0 aliphatic rings. The molecule has 0 saturated heterocycles. The van der Waals surface area contributed by atoms with Gasteiger partial charge in [-0.05, 0) is 38.5 Å². The van der Waals surface area contributed by atoms with Gasteiger partial charge in [-0.25, -0.2) is 4.89 Å². The van der Waals surface area contributed by atoms with E-state index in [0.29, 0.717) is 12.8 Å². The molecule has 0 aromatic heterocycles. The molecule has 0 heterocycles. The summed E-state index contributed by atoms with van der Waals surface area (Å²) in [5.74, 6) is -0.748. The van der Waals surface area contributed by atoms with E-state index in [9.17, 15) is 4.79 Å². The molecule has 0 rings (SSSR count). The number of hydrogen-bond acceptors (Lipinski definition) is 3. The van der Waals surface area contributed by atoms with Gasteiger partial charge < -0.3 is 5.11 Å². The van der Waals surface area contributed by atoms with Crippen LogP contribution in [0.4, 0.5) is 0 Å². The van der Waals surface area contributed by atoms with Gasteiger partial charge in [0.1, 0.15) is 6.10 Å². The van der Waals surface area contributed by atoms with Crippen molar-refractivity contribution in [3.63, 3.8) is 0 Å². The summed E-state index contributed by atoms with van der Waals surface area (Å²) < 4.78 is 0. The molecule has 2 N–H and O–H groups in total. The van der Waals surface area contributed by atoms with E-state index in [1.807, 2.05) is 42.5 Å². The van der Waals surface area contributed by atoms with Crippen molar-refractivity contribution in [3.05, 3.63) is 48.6 Å². The average molecular weight is 336 g/mol. The Morgan fingerprint density at radius 3 is 2.46 bits per heavy atom. The first-order valence-electron chi connectivity index (χ1n) is 8.86. The summed E-state index contributed by atoms with van der Waals surface area (Å²) in [6.45, 7) is 2.19. The highest BCUT2D eigenvalue weighted by atomic mass is 17.1. The van der Waals surface area contributed by atoms with Crippen molar-refractivity contribution in [2.24, 2.45) is 0 Å². The van der Waals surface area contributed by atoms with Crippen LogP contribution in [-0.4, -0.2) is 22.4 Å². The molecule has 0 bridgehead atoms. The van der Waals surface area contributed by atoms with Gasteiger partial charge in [0.15, 0.2) is 0 Å². The third-order valence-electron chi connectivity index (χ3n) is 3.42. The largest absolute Gasteiger partial charge is 0.481 e. The minimum Gasteiger partial charge on any atom is -0.481 e. The summed E-state index contributed by atoms with van der Waals surface area (Å²) >= 11 is 0.